The van der Waals surface area contributed by atoms with Crippen LogP contribution in [0.2, 0.25) is 0 Å². The summed E-state index contributed by atoms with van der Waals surface area (Å²) in [5.74, 6) is 0. The molecule has 0 amide bonds. The molecule has 23 heavy (non-hydrogen) atoms. The molecule has 0 atom stereocenters. The first-order valence-corrected chi connectivity index (χ1v) is 8.26. The van der Waals surface area contributed by atoms with Crippen LogP contribution in [-0.4, -0.2) is 15.2 Å². The fraction of sp³-hybridized carbons (Fsp3) is 0.167. The van der Waals surface area contributed by atoms with Crippen molar-refractivity contribution in [2.45, 2.75) is 20.3 Å². The fourth-order valence-electron chi connectivity index (χ4n) is 2.32. The van der Waals surface area contributed by atoms with Gasteiger partial charge in [0, 0.05) is 16.6 Å². The number of nitrogens with one attached hydrogen (secondary N) is 1. The van der Waals surface area contributed by atoms with Gasteiger partial charge in [-0.3, -0.25) is 5.10 Å². The largest absolute Gasteiger partial charge is 0.278 e. The molecule has 0 bridgehead atoms. The Kier molecular flexibility index (Phi) is 4.35. The van der Waals surface area contributed by atoms with E-state index in [0.29, 0.717) is 5.57 Å². The van der Waals surface area contributed by atoms with Crippen LogP contribution in [0.15, 0.2) is 35.8 Å². The molecule has 4 nitrogen and oxygen atoms in total. The van der Waals surface area contributed by atoms with Gasteiger partial charge in [0.15, 0.2) is 0 Å². The van der Waals surface area contributed by atoms with Crippen molar-refractivity contribution in [3.8, 4) is 17.2 Å². The van der Waals surface area contributed by atoms with Crippen molar-refractivity contribution in [2.24, 2.45) is 0 Å². The molecule has 2 aromatic heterocycles. The minimum absolute atomic E-state index is 0.541. The Bertz CT molecular complexity index is 878. The average molecular weight is 320 g/mol. The number of benzene rings is 1. The molecule has 0 radical (unpaired) electrons. The van der Waals surface area contributed by atoms with Gasteiger partial charge in [-0.05, 0) is 30.5 Å². The monoisotopic (exact) mass is 320 g/mol. The molecule has 0 saturated heterocycles. The van der Waals surface area contributed by atoms with Crippen LogP contribution in [0.3, 0.4) is 0 Å². The second-order valence-electron chi connectivity index (χ2n) is 5.21. The molecule has 0 aliphatic heterocycles. The quantitative estimate of drug-likeness (QED) is 0.721. The topological polar surface area (TPSA) is 65.4 Å². The number of aromatic amines is 1. The Morgan fingerprint density at radius 2 is 2.13 bits per heavy atom. The predicted octanol–water partition coefficient (Wildman–Crippen LogP) is 4.47. The van der Waals surface area contributed by atoms with Gasteiger partial charge in [-0.1, -0.05) is 31.2 Å². The number of H-pyrrole nitrogens is 1. The van der Waals surface area contributed by atoms with Gasteiger partial charge in [0.05, 0.1) is 17.5 Å². The molecule has 0 saturated carbocycles. The average Bonchev–Trinajstić information content (AvgIpc) is 3.21. The maximum Gasteiger partial charge on any atom is 0.134 e. The van der Waals surface area contributed by atoms with Gasteiger partial charge in [0.25, 0.3) is 0 Å². The number of aryl methyl sites for hydroxylation is 2. The lowest BCUT2D eigenvalue weighted by Gasteiger charge is -2.02. The number of hydrogen-bond acceptors (Lipinski definition) is 4. The van der Waals surface area contributed by atoms with E-state index in [9.17, 15) is 5.26 Å². The molecule has 3 aromatic rings. The summed E-state index contributed by atoms with van der Waals surface area (Å²) in [6.07, 6.45) is 4.61. The van der Waals surface area contributed by atoms with Gasteiger partial charge in [-0.25, -0.2) is 4.98 Å². The summed E-state index contributed by atoms with van der Waals surface area (Å²) < 4.78 is 0. The van der Waals surface area contributed by atoms with Crippen LogP contribution in [0.25, 0.3) is 22.8 Å². The number of rotatable bonds is 4. The fourth-order valence-corrected chi connectivity index (χ4v) is 3.08. The van der Waals surface area contributed by atoms with E-state index in [1.54, 1.807) is 6.20 Å². The highest BCUT2D eigenvalue weighted by atomic mass is 32.1. The molecule has 0 fully saturated rings. The van der Waals surface area contributed by atoms with Gasteiger partial charge in [0.1, 0.15) is 11.1 Å². The number of aromatic nitrogens is 3. The third kappa shape index (κ3) is 3.22. The Hall–Kier alpha value is -2.71. The van der Waals surface area contributed by atoms with Crippen molar-refractivity contribution in [3.63, 3.8) is 0 Å². The summed E-state index contributed by atoms with van der Waals surface area (Å²) in [6.45, 7) is 4.06. The molecule has 114 valence electrons. The predicted molar refractivity (Wildman–Crippen MR) is 93.7 cm³/mol. The second-order valence-corrected chi connectivity index (χ2v) is 6.07. The van der Waals surface area contributed by atoms with Crippen LogP contribution < -0.4 is 0 Å². The number of nitriles is 1. The molecular formula is C18H16N4S. The Morgan fingerprint density at radius 3 is 2.74 bits per heavy atom. The Morgan fingerprint density at radius 1 is 1.35 bits per heavy atom. The van der Waals surface area contributed by atoms with E-state index in [-0.39, 0.29) is 0 Å². The van der Waals surface area contributed by atoms with Crippen molar-refractivity contribution in [3.05, 3.63) is 57.8 Å². The van der Waals surface area contributed by atoms with Crippen LogP contribution >= 0.6 is 11.3 Å². The van der Waals surface area contributed by atoms with E-state index in [0.717, 1.165) is 33.9 Å². The maximum atomic E-state index is 9.43. The summed E-state index contributed by atoms with van der Waals surface area (Å²) >= 11 is 1.47. The molecule has 0 unspecified atom stereocenters. The van der Waals surface area contributed by atoms with E-state index >= 15 is 0 Å². The lowest BCUT2D eigenvalue weighted by Crippen LogP contribution is -1.85. The van der Waals surface area contributed by atoms with Gasteiger partial charge in [-0.15, -0.1) is 11.3 Å². The van der Waals surface area contributed by atoms with Crippen LogP contribution in [0.1, 0.15) is 28.9 Å². The summed E-state index contributed by atoms with van der Waals surface area (Å²) in [4.78, 5) is 4.38. The van der Waals surface area contributed by atoms with Crippen molar-refractivity contribution in [1.29, 1.82) is 5.26 Å². The number of hydrogen-bond donors (Lipinski definition) is 1. The first kappa shape index (κ1) is 15.2. The highest BCUT2D eigenvalue weighted by molar-refractivity contribution is 7.11. The number of thiazole rings is 1. The molecule has 3 rings (SSSR count). The number of allylic oxidation sites excluding steroid dienone is 1. The zero-order valence-electron chi connectivity index (χ0n) is 13.0. The van der Waals surface area contributed by atoms with E-state index < -0.39 is 0 Å². The maximum absolute atomic E-state index is 9.43. The second kappa shape index (κ2) is 6.59. The first-order valence-electron chi connectivity index (χ1n) is 7.38. The summed E-state index contributed by atoms with van der Waals surface area (Å²) in [5.41, 5.74) is 5.64. The lowest BCUT2D eigenvalue weighted by molar-refractivity contribution is 1.08. The summed E-state index contributed by atoms with van der Waals surface area (Å²) in [7, 11) is 0. The Balaban J connectivity index is 1.99. The van der Waals surface area contributed by atoms with E-state index in [1.165, 1.54) is 16.9 Å². The van der Waals surface area contributed by atoms with Crippen molar-refractivity contribution < 1.29 is 0 Å². The van der Waals surface area contributed by atoms with E-state index in [1.807, 2.05) is 18.4 Å². The molecule has 0 aliphatic rings. The first-order chi connectivity index (χ1) is 11.2. The molecular weight excluding hydrogens is 304 g/mol. The van der Waals surface area contributed by atoms with E-state index in [2.05, 4.69) is 52.4 Å². The molecule has 2 heterocycles. The number of nitrogens with zero attached hydrogens (tertiary/aromatic N) is 3. The minimum Gasteiger partial charge on any atom is -0.278 e. The molecule has 1 aromatic carbocycles. The van der Waals surface area contributed by atoms with E-state index in [4.69, 9.17) is 0 Å². The SMILES string of the molecule is CCc1ccc(-c2cn[nH]c2C=C(C#N)c2nc(C)cs2)cc1. The molecule has 0 aliphatic carbocycles. The third-order valence-corrected chi connectivity index (χ3v) is 4.59. The van der Waals surface area contributed by atoms with Crippen LogP contribution in [0.4, 0.5) is 0 Å². The lowest BCUT2D eigenvalue weighted by atomic mass is 10.0. The molecule has 0 spiro atoms. The zero-order chi connectivity index (χ0) is 16.2. The van der Waals surface area contributed by atoms with Gasteiger partial charge < -0.3 is 0 Å². The summed E-state index contributed by atoms with van der Waals surface area (Å²) in [6, 6.07) is 10.6. The zero-order valence-corrected chi connectivity index (χ0v) is 13.8. The van der Waals surface area contributed by atoms with Crippen molar-refractivity contribution in [1.82, 2.24) is 15.2 Å². The highest BCUT2D eigenvalue weighted by Gasteiger charge is 2.10. The molecule has 1 N–H and O–H groups in total. The third-order valence-electron chi connectivity index (χ3n) is 3.60. The van der Waals surface area contributed by atoms with Gasteiger partial charge in [0.2, 0.25) is 0 Å². The van der Waals surface area contributed by atoms with Crippen LogP contribution in [0, 0.1) is 18.3 Å². The highest BCUT2D eigenvalue weighted by Crippen LogP contribution is 2.27. The van der Waals surface area contributed by atoms with Crippen LogP contribution in [0.5, 0.6) is 0 Å². The Labute approximate surface area is 139 Å². The normalized spacial score (nSPS) is 11.4. The van der Waals surface area contributed by atoms with Gasteiger partial charge in [-0.2, -0.15) is 10.4 Å². The smallest absolute Gasteiger partial charge is 0.134 e. The molecule has 5 heteroatoms. The standard InChI is InChI=1S/C18H16N4S/c1-3-13-4-6-14(7-5-13)16-10-20-22-17(16)8-15(9-19)18-21-12(2)11-23-18/h4-8,10-11H,3H2,1-2H3,(H,20,22). The van der Waals surface area contributed by atoms with Gasteiger partial charge >= 0.3 is 0 Å². The van der Waals surface area contributed by atoms with Crippen molar-refractivity contribution >= 4 is 23.0 Å². The minimum atomic E-state index is 0.541. The summed E-state index contributed by atoms with van der Waals surface area (Å²) in [5, 5.41) is 19.2. The van der Waals surface area contributed by atoms with Crippen LogP contribution in [-0.2, 0) is 6.42 Å². The van der Waals surface area contributed by atoms with Crippen molar-refractivity contribution in [2.75, 3.05) is 0 Å².